The summed E-state index contributed by atoms with van der Waals surface area (Å²) in [5, 5.41) is 3.45. The second kappa shape index (κ2) is 8.55. The number of carbonyl (C=O) groups excluding carboxylic acids is 2. The lowest BCUT2D eigenvalue weighted by atomic mass is 10.1. The van der Waals surface area contributed by atoms with Gasteiger partial charge in [-0.2, -0.15) is 0 Å². The van der Waals surface area contributed by atoms with Gasteiger partial charge in [0, 0.05) is 6.20 Å². The number of carbonyl (C=O) groups is 2. The van der Waals surface area contributed by atoms with Gasteiger partial charge in [0.05, 0.1) is 17.4 Å². The van der Waals surface area contributed by atoms with Crippen molar-refractivity contribution in [3.05, 3.63) is 70.9 Å². The van der Waals surface area contributed by atoms with E-state index >= 15 is 0 Å². The molecule has 27 heavy (non-hydrogen) atoms. The first-order valence-corrected chi connectivity index (χ1v) is 9.26. The number of ether oxygens (including phenoxy) is 1. The van der Waals surface area contributed by atoms with Crippen LogP contribution in [0.2, 0.25) is 0 Å². The molecule has 1 aromatic carbocycles. The molecule has 2 aromatic heterocycles. The number of aryl methyl sites for hydroxylation is 1. The summed E-state index contributed by atoms with van der Waals surface area (Å²) in [6.45, 7) is 3.27. The molecular weight excluding hydrogens is 362 g/mol. The molecule has 1 N–H and O–H groups in total. The molecular formula is C20H19N3O3S. The van der Waals surface area contributed by atoms with Crippen LogP contribution in [0.15, 0.2) is 54.7 Å². The molecule has 6 nitrogen and oxygen atoms in total. The van der Waals surface area contributed by atoms with Gasteiger partial charge in [0.2, 0.25) is 0 Å². The van der Waals surface area contributed by atoms with E-state index in [0.29, 0.717) is 21.3 Å². The Labute approximate surface area is 161 Å². The molecule has 1 amide bonds. The number of nitrogens with zero attached hydrogens (tertiary/aromatic N) is 2. The van der Waals surface area contributed by atoms with Crippen molar-refractivity contribution < 1.29 is 14.3 Å². The number of nitrogens with one attached hydrogen (secondary N) is 1. The van der Waals surface area contributed by atoms with E-state index in [1.807, 2.05) is 55.5 Å². The summed E-state index contributed by atoms with van der Waals surface area (Å²) in [6, 6.07) is 14.9. The Morgan fingerprint density at radius 3 is 2.59 bits per heavy atom. The molecule has 3 rings (SSSR count). The molecule has 0 spiro atoms. The lowest BCUT2D eigenvalue weighted by molar-refractivity contribution is -0.124. The maximum Gasteiger partial charge on any atom is 0.350 e. The number of esters is 1. The van der Waals surface area contributed by atoms with Crippen molar-refractivity contribution in [2.24, 2.45) is 0 Å². The molecule has 2 heterocycles. The van der Waals surface area contributed by atoms with Gasteiger partial charge >= 0.3 is 5.97 Å². The van der Waals surface area contributed by atoms with Crippen LogP contribution < -0.4 is 5.32 Å². The number of amides is 1. The van der Waals surface area contributed by atoms with Crippen LogP contribution >= 0.6 is 11.3 Å². The number of pyridine rings is 1. The summed E-state index contributed by atoms with van der Waals surface area (Å²) in [5.41, 5.74) is 2.23. The van der Waals surface area contributed by atoms with E-state index < -0.39 is 5.97 Å². The van der Waals surface area contributed by atoms with E-state index in [0.717, 1.165) is 5.56 Å². The Morgan fingerprint density at radius 1 is 1.15 bits per heavy atom. The van der Waals surface area contributed by atoms with E-state index in [4.69, 9.17) is 4.74 Å². The number of benzene rings is 1. The lowest BCUT2D eigenvalue weighted by Crippen LogP contribution is -2.31. The standard InChI is InChI=1S/C20H19N3O3S/c1-13(15-8-4-3-5-9-15)22-17(24)12-26-20(25)18-14(2)23-19(27-18)16-10-6-7-11-21-16/h3-11,13H,12H2,1-2H3,(H,22,24). The van der Waals surface area contributed by atoms with E-state index in [1.54, 1.807) is 13.1 Å². The van der Waals surface area contributed by atoms with Gasteiger partial charge in [-0.1, -0.05) is 36.4 Å². The van der Waals surface area contributed by atoms with Crippen LogP contribution in [0.25, 0.3) is 10.7 Å². The minimum atomic E-state index is -0.560. The van der Waals surface area contributed by atoms with E-state index in [-0.39, 0.29) is 18.6 Å². The van der Waals surface area contributed by atoms with Crippen molar-refractivity contribution in [1.29, 1.82) is 0 Å². The number of aromatic nitrogens is 2. The zero-order valence-corrected chi connectivity index (χ0v) is 15.8. The van der Waals surface area contributed by atoms with Crippen LogP contribution in [0.5, 0.6) is 0 Å². The maximum atomic E-state index is 12.3. The monoisotopic (exact) mass is 381 g/mol. The topological polar surface area (TPSA) is 81.2 Å². The van der Waals surface area contributed by atoms with Gasteiger partial charge in [-0.05, 0) is 31.5 Å². The van der Waals surface area contributed by atoms with E-state index in [1.165, 1.54) is 11.3 Å². The summed E-state index contributed by atoms with van der Waals surface area (Å²) in [6.07, 6.45) is 1.67. The highest BCUT2D eigenvalue weighted by Gasteiger charge is 2.19. The van der Waals surface area contributed by atoms with Gasteiger partial charge in [-0.25, -0.2) is 9.78 Å². The molecule has 1 unspecified atom stereocenters. The minimum Gasteiger partial charge on any atom is -0.451 e. The molecule has 0 aliphatic rings. The molecule has 0 saturated carbocycles. The molecule has 138 valence electrons. The van der Waals surface area contributed by atoms with Gasteiger partial charge in [-0.3, -0.25) is 9.78 Å². The number of rotatable bonds is 6. The highest BCUT2D eigenvalue weighted by molar-refractivity contribution is 7.17. The highest BCUT2D eigenvalue weighted by Crippen LogP contribution is 2.26. The van der Waals surface area contributed by atoms with Crippen LogP contribution in [0.4, 0.5) is 0 Å². The van der Waals surface area contributed by atoms with Crippen molar-refractivity contribution >= 4 is 23.2 Å². The molecule has 0 bridgehead atoms. The third-order valence-corrected chi connectivity index (χ3v) is 5.04. The Balaban J connectivity index is 1.58. The summed E-state index contributed by atoms with van der Waals surface area (Å²) in [4.78, 5) is 33.4. The van der Waals surface area contributed by atoms with E-state index in [2.05, 4.69) is 15.3 Å². The van der Waals surface area contributed by atoms with Crippen molar-refractivity contribution in [1.82, 2.24) is 15.3 Å². The summed E-state index contributed by atoms with van der Waals surface area (Å²) >= 11 is 1.20. The van der Waals surface area contributed by atoms with Crippen LogP contribution in [-0.2, 0) is 9.53 Å². The van der Waals surface area contributed by atoms with Crippen molar-refractivity contribution in [3.8, 4) is 10.7 Å². The fourth-order valence-corrected chi connectivity index (χ4v) is 3.43. The third kappa shape index (κ3) is 4.77. The first-order valence-electron chi connectivity index (χ1n) is 8.45. The average Bonchev–Trinajstić information content (AvgIpc) is 3.09. The third-order valence-electron chi connectivity index (χ3n) is 3.88. The molecule has 3 aromatic rings. The SMILES string of the molecule is Cc1nc(-c2ccccn2)sc1C(=O)OCC(=O)NC(C)c1ccccc1. The van der Waals surface area contributed by atoms with Crippen LogP contribution in [0.1, 0.15) is 33.9 Å². The molecule has 0 radical (unpaired) electrons. The van der Waals surface area contributed by atoms with Crippen LogP contribution in [-0.4, -0.2) is 28.5 Å². The van der Waals surface area contributed by atoms with E-state index in [9.17, 15) is 9.59 Å². The van der Waals surface area contributed by atoms with Crippen molar-refractivity contribution in [2.75, 3.05) is 6.61 Å². The fraction of sp³-hybridized carbons (Fsp3) is 0.200. The van der Waals surface area contributed by atoms with Crippen LogP contribution in [0, 0.1) is 6.92 Å². The first kappa shape index (κ1) is 18.7. The molecule has 0 aliphatic carbocycles. The molecule has 0 fully saturated rings. The number of thiazole rings is 1. The predicted octanol–water partition coefficient (Wildman–Crippen LogP) is 3.55. The Hall–Kier alpha value is -3.06. The Kier molecular flexibility index (Phi) is 5.93. The van der Waals surface area contributed by atoms with Crippen LogP contribution in [0.3, 0.4) is 0 Å². The largest absolute Gasteiger partial charge is 0.451 e. The maximum absolute atomic E-state index is 12.3. The van der Waals surface area contributed by atoms with Gasteiger partial charge in [0.1, 0.15) is 9.88 Å². The first-order chi connectivity index (χ1) is 13.0. The minimum absolute atomic E-state index is 0.168. The average molecular weight is 381 g/mol. The normalized spacial score (nSPS) is 11.6. The van der Waals surface area contributed by atoms with Gasteiger partial charge in [0.25, 0.3) is 5.91 Å². The Bertz CT molecular complexity index is 926. The number of hydrogen-bond donors (Lipinski definition) is 1. The molecule has 0 aliphatic heterocycles. The predicted molar refractivity (Wildman–Crippen MR) is 103 cm³/mol. The van der Waals surface area contributed by atoms with Gasteiger partial charge in [0.15, 0.2) is 6.61 Å². The van der Waals surface area contributed by atoms with Gasteiger partial charge < -0.3 is 10.1 Å². The fourth-order valence-electron chi connectivity index (χ4n) is 2.49. The molecule has 1 atom stereocenters. The second-order valence-electron chi connectivity index (χ2n) is 5.92. The molecule has 7 heteroatoms. The second-order valence-corrected chi connectivity index (χ2v) is 6.92. The zero-order valence-electron chi connectivity index (χ0n) is 15.0. The zero-order chi connectivity index (χ0) is 19.2. The summed E-state index contributed by atoms with van der Waals surface area (Å²) < 4.78 is 5.16. The number of hydrogen-bond acceptors (Lipinski definition) is 6. The lowest BCUT2D eigenvalue weighted by Gasteiger charge is -2.14. The summed E-state index contributed by atoms with van der Waals surface area (Å²) in [5.74, 6) is -0.915. The van der Waals surface area contributed by atoms with Crippen molar-refractivity contribution in [3.63, 3.8) is 0 Å². The highest BCUT2D eigenvalue weighted by atomic mass is 32.1. The summed E-state index contributed by atoms with van der Waals surface area (Å²) in [7, 11) is 0. The smallest absolute Gasteiger partial charge is 0.350 e. The van der Waals surface area contributed by atoms with Crippen molar-refractivity contribution in [2.45, 2.75) is 19.9 Å². The quantitative estimate of drug-likeness (QED) is 0.661. The molecule has 0 saturated heterocycles. The Morgan fingerprint density at radius 2 is 1.89 bits per heavy atom. The van der Waals surface area contributed by atoms with Gasteiger partial charge in [-0.15, -0.1) is 11.3 Å².